The first-order chi connectivity index (χ1) is 6.52. The van der Waals surface area contributed by atoms with E-state index < -0.39 is 5.97 Å². The number of morpholine rings is 1. The van der Waals surface area contributed by atoms with Crippen molar-refractivity contribution in [3.8, 4) is 0 Å². The van der Waals surface area contributed by atoms with E-state index >= 15 is 0 Å². The van der Waals surface area contributed by atoms with Gasteiger partial charge in [-0.05, 0) is 26.8 Å². The summed E-state index contributed by atoms with van der Waals surface area (Å²) in [6.45, 7) is 7.52. The van der Waals surface area contributed by atoms with Gasteiger partial charge >= 0.3 is 5.97 Å². The number of hydrogen-bond donors (Lipinski definition) is 1. The fraction of sp³-hybridized carbons (Fsp3) is 0.900. The molecule has 0 bridgehead atoms. The molecule has 0 saturated carbocycles. The first-order valence-corrected chi connectivity index (χ1v) is 5.07. The van der Waals surface area contributed by atoms with E-state index in [1.165, 1.54) is 0 Å². The van der Waals surface area contributed by atoms with E-state index in [-0.39, 0.29) is 12.0 Å². The van der Waals surface area contributed by atoms with Crippen molar-refractivity contribution in [3.05, 3.63) is 0 Å². The van der Waals surface area contributed by atoms with E-state index in [2.05, 4.69) is 18.7 Å². The number of carboxylic acids is 1. The highest BCUT2D eigenvalue weighted by Crippen LogP contribution is 2.19. The Kier molecular flexibility index (Phi) is 3.89. The van der Waals surface area contributed by atoms with Crippen LogP contribution in [0.25, 0.3) is 0 Å². The lowest BCUT2D eigenvalue weighted by Crippen LogP contribution is -2.53. The molecule has 0 amide bonds. The van der Waals surface area contributed by atoms with Crippen molar-refractivity contribution in [1.82, 2.24) is 4.90 Å². The Morgan fingerprint density at radius 3 is 2.86 bits per heavy atom. The van der Waals surface area contributed by atoms with E-state index in [1.54, 1.807) is 0 Å². The molecule has 1 N–H and O–H groups in total. The van der Waals surface area contributed by atoms with Crippen LogP contribution < -0.4 is 0 Å². The zero-order valence-electron chi connectivity index (χ0n) is 8.95. The van der Waals surface area contributed by atoms with Crippen LogP contribution in [0.2, 0.25) is 0 Å². The third-order valence-corrected chi connectivity index (χ3v) is 2.64. The summed E-state index contributed by atoms with van der Waals surface area (Å²) < 4.78 is 5.38. The summed E-state index contributed by atoms with van der Waals surface area (Å²) in [5.41, 5.74) is 0.0523. The lowest BCUT2D eigenvalue weighted by Gasteiger charge is -2.42. The van der Waals surface area contributed by atoms with Gasteiger partial charge in [0.05, 0.1) is 13.2 Å². The average molecular weight is 201 g/mol. The molecule has 0 atom stereocenters. The molecular weight excluding hydrogens is 182 g/mol. The zero-order valence-corrected chi connectivity index (χ0v) is 8.95. The summed E-state index contributed by atoms with van der Waals surface area (Å²) >= 11 is 0. The second-order valence-corrected chi connectivity index (χ2v) is 4.35. The average Bonchev–Trinajstić information content (AvgIpc) is 2.07. The fourth-order valence-electron chi connectivity index (χ4n) is 1.73. The molecule has 1 heterocycles. The maximum Gasteiger partial charge on any atom is 0.303 e. The molecule has 0 unspecified atom stereocenters. The van der Waals surface area contributed by atoms with Crippen LogP contribution in [0.1, 0.15) is 26.7 Å². The van der Waals surface area contributed by atoms with Crippen molar-refractivity contribution in [2.75, 3.05) is 26.3 Å². The molecule has 1 aliphatic heterocycles. The Morgan fingerprint density at radius 2 is 2.29 bits per heavy atom. The third-order valence-electron chi connectivity index (χ3n) is 2.64. The Labute approximate surface area is 84.8 Å². The minimum Gasteiger partial charge on any atom is -0.481 e. The summed E-state index contributed by atoms with van der Waals surface area (Å²) in [7, 11) is 0. The molecule has 0 radical (unpaired) electrons. The Balaban J connectivity index is 2.31. The summed E-state index contributed by atoms with van der Waals surface area (Å²) in [6, 6.07) is 0. The van der Waals surface area contributed by atoms with Gasteiger partial charge in [-0.2, -0.15) is 0 Å². The number of nitrogens with zero attached hydrogens (tertiary/aromatic N) is 1. The third kappa shape index (κ3) is 3.27. The summed E-state index contributed by atoms with van der Waals surface area (Å²) in [5, 5.41) is 8.53. The van der Waals surface area contributed by atoms with E-state index in [4.69, 9.17) is 9.84 Å². The first-order valence-electron chi connectivity index (χ1n) is 5.07. The topological polar surface area (TPSA) is 49.8 Å². The Bertz CT molecular complexity index is 204. The Morgan fingerprint density at radius 1 is 1.57 bits per heavy atom. The first kappa shape index (κ1) is 11.5. The van der Waals surface area contributed by atoms with Crippen molar-refractivity contribution in [2.45, 2.75) is 32.2 Å². The second kappa shape index (κ2) is 4.75. The fourth-order valence-corrected chi connectivity index (χ4v) is 1.73. The quantitative estimate of drug-likeness (QED) is 0.736. The molecule has 0 aromatic heterocycles. The predicted octanol–water partition coefficient (Wildman–Crippen LogP) is 0.962. The van der Waals surface area contributed by atoms with Crippen molar-refractivity contribution in [3.63, 3.8) is 0 Å². The van der Waals surface area contributed by atoms with E-state index in [9.17, 15) is 4.79 Å². The molecule has 0 aromatic carbocycles. The number of hydrogen-bond acceptors (Lipinski definition) is 3. The van der Waals surface area contributed by atoms with Gasteiger partial charge < -0.3 is 9.84 Å². The molecular formula is C10H19NO3. The van der Waals surface area contributed by atoms with Gasteiger partial charge in [0.25, 0.3) is 0 Å². The van der Waals surface area contributed by atoms with Crippen molar-refractivity contribution in [2.24, 2.45) is 0 Å². The monoisotopic (exact) mass is 201 g/mol. The maximum absolute atomic E-state index is 10.4. The molecule has 1 aliphatic rings. The Hall–Kier alpha value is -0.610. The number of aliphatic carboxylic acids is 1. The normalized spacial score (nSPS) is 22.1. The van der Waals surface area contributed by atoms with Crippen LogP contribution in [0.5, 0.6) is 0 Å². The number of carboxylic acid groups (broad SMARTS) is 1. The molecule has 0 aliphatic carbocycles. The molecule has 14 heavy (non-hydrogen) atoms. The van der Waals surface area contributed by atoms with E-state index in [0.717, 1.165) is 32.7 Å². The molecule has 0 aromatic rings. The van der Waals surface area contributed by atoms with Crippen LogP contribution in [-0.2, 0) is 9.53 Å². The summed E-state index contributed by atoms with van der Waals surface area (Å²) in [6.07, 6.45) is 0.978. The van der Waals surface area contributed by atoms with Crippen molar-refractivity contribution in [1.29, 1.82) is 0 Å². The van der Waals surface area contributed by atoms with Crippen LogP contribution >= 0.6 is 0 Å². The summed E-state index contributed by atoms with van der Waals surface area (Å²) in [4.78, 5) is 12.7. The predicted molar refractivity (Wildman–Crippen MR) is 53.3 cm³/mol. The van der Waals surface area contributed by atoms with Crippen molar-refractivity contribution >= 4 is 5.97 Å². The van der Waals surface area contributed by atoms with E-state index in [1.807, 2.05) is 0 Å². The smallest absolute Gasteiger partial charge is 0.303 e. The molecule has 0 spiro atoms. The standard InChI is InChI=1S/C10H19NO3/c1-10(2)8-14-7-6-11(10)5-3-4-9(12)13/h3-8H2,1-2H3,(H,12,13). The second-order valence-electron chi connectivity index (χ2n) is 4.35. The summed E-state index contributed by atoms with van der Waals surface area (Å²) in [5.74, 6) is -0.712. The van der Waals surface area contributed by atoms with Crippen LogP contribution in [0.3, 0.4) is 0 Å². The van der Waals surface area contributed by atoms with Gasteiger partial charge in [0.1, 0.15) is 0 Å². The van der Waals surface area contributed by atoms with Gasteiger partial charge in [0.2, 0.25) is 0 Å². The molecule has 4 heteroatoms. The molecule has 82 valence electrons. The highest BCUT2D eigenvalue weighted by Gasteiger charge is 2.29. The number of ether oxygens (including phenoxy) is 1. The SMILES string of the molecule is CC1(C)COCCN1CCCC(=O)O. The minimum atomic E-state index is -0.712. The van der Waals surface area contributed by atoms with Crippen LogP contribution in [0.15, 0.2) is 0 Å². The van der Waals surface area contributed by atoms with Gasteiger partial charge in [0, 0.05) is 18.5 Å². The van der Waals surface area contributed by atoms with E-state index in [0.29, 0.717) is 0 Å². The van der Waals surface area contributed by atoms with Crippen molar-refractivity contribution < 1.29 is 14.6 Å². The zero-order chi connectivity index (χ0) is 10.6. The largest absolute Gasteiger partial charge is 0.481 e. The highest BCUT2D eigenvalue weighted by molar-refractivity contribution is 5.66. The van der Waals surface area contributed by atoms with Crippen LogP contribution in [0, 0.1) is 0 Å². The van der Waals surface area contributed by atoms with Crippen LogP contribution in [0.4, 0.5) is 0 Å². The van der Waals surface area contributed by atoms with Crippen LogP contribution in [-0.4, -0.2) is 47.8 Å². The lowest BCUT2D eigenvalue weighted by molar-refractivity contribution is -0.137. The van der Waals surface area contributed by atoms with Gasteiger partial charge in [0.15, 0.2) is 0 Å². The maximum atomic E-state index is 10.4. The molecule has 4 nitrogen and oxygen atoms in total. The lowest BCUT2D eigenvalue weighted by atomic mass is 10.0. The highest BCUT2D eigenvalue weighted by atomic mass is 16.5. The molecule has 1 saturated heterocycles. The number of rotatable bonds is 4. The molecule has 1 rings (SSSR count). The van der Waals surface area contributed by atoms with Gasteiger partial charge in [-0.3, -0.25) is 9.69 Å². The molecule has 1 fully saturated rings. The van der Waals surface area contributed by atoms with Gasteiger partial charge in [-0.1, -0.05) is 0 Å². The number of carbonyl (C=O) groups is 1. The minimum absolute atomic E-state index is 0.0523. The van der Waals surface area contributed by atoms with Gasteiger partial charge in [-0.25, -0.2) is 0 Å². The van der Waals surface area contributed by atoms with Gasteiger partial charge in [-0.15, -0.1) is 0 Å².